The van der Waals surface area contributed by atoms with E-state index in [1.807, 2.05) is 49.1 Å². The molecule has 2 fully saturated rings. The van der Waals surface area contributed by atoms with Gasteiger partial charge >= 0.3 is 0 Å². The summed E-state index contributed by atoms with van der Waals surface area (Å²) in [7, 11) is -3.00. The highest BCUT2D eigenvalue weighted by Gasteiger charge is 2.48. The van der Waals surface area contributed by atoms with Gasteiger partial charge in [-0.15, -0.1) is 0 Å². The van der Waals surface area contributed by atoms with Gasteiger partial charge in [0.05, 0.1) is 17.5 Å². The number of fused-ring (bicyclic) bond motifs is 1. The molecule has 2 aliphatic rings. The first kappa shape index (κ1) is 16.5. The Labute approximate surface area is 141 Å². The fourth-order valence-corrected chi connectivity index (χ4v) is 6.78. The SMILES string of the molecule is CC(C)C(=O)N=C1S[C@H]2CS(=O)(=O)C[C@@H]2N1Cc1ccccc1. The molecule has 1 aromatic carbocycles. The molecule has 1 amide bonds. The minimum atomic E-state index is -3.00. The van der Waals surface area contributed by atoms with Crippen molar-refractivity contribution in [3.63, 3.8) is 0 Å². The van der Waals surface area contributed by atoms with E-state index in [0.717, 1.165) is 5.56 Å². The van der Waals surface area contributed by atoms with Crippen molar-refractivity contribution in [2.75, 3.05) is 11.5 Å². The zero-order chi connectivity index (χ0) is 16.6. The zero-order valence-electron chi connectivity index (χ0n) is 13.2. The van der Waals surface area contributed by atoms with Gasteiger partial charge < -0.3 is 4.90 Å². The minimum Gasteiger partial charge on any atom is -0.342 e. The van der Waals surface area contributed by atoms with Crippen molar-refractivity contribution in [1.29, 1.82) is 0 Å². The molecule has 0 N–H and O–H groups in total. The van der Waals surface area contributed by atoms with Crippen molar-refractivity contribution in [1.82, 2.24) is 4.90 Å². The van der Waals surface area contributed by atoms with E-state index in [0.29, 0.717) is 11.7 Å². The van der Waals surface area contributed by atoms with Crippen LogP contribution in [0.1, 0.15) is 19.4 Å². The monoisotopic (exact) mass is 352 g/mol. The Kier molecular flexibility index (Phi) is 4.51. The third kappa shape index (κ3) is 3.61. The molecule has 2 aliphatic heterocycles. The number of nitrogens with zero attached hydrogens (tertiary/aromatic N) is 2. The van der Waals surface area contributed by atoms with E-state index in [-0.39, 0.29) is 34.6 Å². The molecule has 3 rings (SSSR count). The van der Waals surface area contributed by atoms with Gasteiger partial charge in [-0.3, -0.25) is 4.79 Å². The first-order chi connectivity index (χ1) is 10.9. The quantitative estimate of drug-likeness (QED) is 0.832. The van der Waals surface area contributed by atoms with E-state index in [1.165, 1.54) is 11.8 Å². The number of sulfone groups is 1. The maximum atomic E-state index is 12.0. The van der Waals surface area contributed by atoms with Gasteiger partial charge in [-0.25, -0.2) is 8.42 Å². The molecular weight excluding hydrogens is 332 g/mol. The Morgan fingerprint density at radius 1 is 1.30 bits per heavy atom. The number of hydrogen-bond donors (Lipinski definition) is 0. The van der Waals surface area contributed by atoms with Crippen molar-refractivity contribution >= 4 is 32.7 Å². The summed E-state index contributed by atoms with van der Waals surface area (Å²) in [6.07, 6.45) is 0. The molecule has 1 aromatic rings. The van der Waals surface area contributed by atoms with Crippen molar-refractivity contribution < 1.29 is 13.2 Å². The third-order valence-electron chi connectivity index (χ3n) is 4.07. The minimum absolute atomic E-state index is 0.0255. The summed E-state index contributed by atoms with van der Waals surface area (Å²) in [6, 6.07) is 9.77. The van der Waals surface area contributed by atoms with Crippen molar-refractivity contribution in [2.45, 2.75) is 31.7 Å². The van der Waals surface area contributed by atoms with Crippen LogP contribution >= 0.6 is 11.8 Å². The lowest BCUT2D eigenvalue weighted by molar-refractivity contribution is -0.120. The van der Waals surface area contributed by atoms with Crippen LogP contribution in [0.3, 0.4) is 0 Å². The number of hydrogen-bond acceptors (Lipinski definition) is 4. The lowest BCUT2D eigenvalue weighted by Gasteiger charge is -2.24. The fraction of sp³-hybridized carbons (Fsp3) is 0.500. The molecule has 0 radical (unpaired) electrons. The van der Waals surface area contributed by atoms with Crippen LogP contribution in [0, 0.1) is 5.92 Å². The van der Waals surface area contributed by atoms with Gasteiger partial charge in [-0.05, 0) is 5.56 Å². The van der Waals surface area contributed by atoms with Crippen LogP contribution in [0.2, 0.25) is 0 Å². The molecule has 0 bridgehead atoms. The summed E-state index contributed by atoms with van der Waals surface area (Å²) < 4.78 is 23.9. The van der Waals surface area contributed by atoms with Crippen LogP contribution in [0.25, 0.3) is 0 Å². The van der Waals surface area contributed by atoms with Crippen LogP contribution in [0.4, 0.5) is 0 Å². The predicted octanol–water partition coefficient (Wildman–Crippen LogP) is 1.94. The lowest BCUT2D eigenvalue weighted by Crippen LogP contribution is -2.37. The van der Waals surface area contributed by atoms with Gasteiger partial charge in [0.25, 0.3) is 5.91 Å². The Morgan fingerprint density at radius 3 is 2.65 bits per heavy atom. The Balaban J connectivity index is 1.89. The molecule has 23 heavy (non-hydrogen) atoms. The molecule has 2 heterocycles. The number of thioether (sulfide) groups is 1. The largest absolute Gasteiger partial charge is 0.342 e. The summed E-state index contributed by atoms with van der Waals surface area (Å²) in [5.74, 6) is -0.00576. The fourth-order valence-electron chi connectivity index (χ4n) is 2.82. The normalized spacial score (nSPS) is 27.6. The number of carbonyl (C=O) groups is 1. The summed E-state index contributed by atoms with van der Waals surface area (Å²) in [6.45, 7) is 4.21. The maximum absolute atomic E-state index is 12.0. The smallest absolute Gasteiger partial charge is 0.250 e. The number of amides is 1. The molecule has 0 aliphatic carbocycles. The van der Waals surface area contributed by atoms with Crippen LogP contribution < -0.4 is 0 Å². The van der Waals surface area contributed by atoms with Crippen LogP contribution in [-0.2, 0) is 21.2 Å². The topological polar surface area (TPSA) is 66.8 Å². The average Bonchev–Trinajstić information content (AvgIpc) is 2.93. The zero-order valence-corrected chi connectivity index (χ0v) is 14.8. The second-order valence-corrected chi connectivity index (χ2v) is 9.66. The molecule has 124 valence electrons. The molecule has 2 atom stereocenters. The molecule has 0 spiro atoms. The Hall–Kier alpha value is -1.34. The van der Waals surface area contributed by atoms with E-state index in [4.69, 9.17) is 0 Å². The molecule has 2 saturated heterocycles. The third-order valence-corrected chi connectivity index (χ3v) is 7.32. The Morgan fingerprint density at radius 2 is 2.00 bits per heavy atom. The van der Waals surface area contributed by atoms with Gasteiger partial charge in [-0.1, -0.05) is 55.9 Å². The van der Waals surface area contributed by atoms with Crippen LogP contribution in [0.5, 0.6) is 0 Å². The van der Waals surface area contributed by atoms with E-state index in [9.17, 15) is 13.2 Å². The molecule has 0 aromatic heterocycles. The highest BCUT2D eigenvalue weighted by atomic mass is 32.2. The number of benzene rings is 1. The highest BCUT2D eigenvalue weighted by molar-refractivity contribution is 8.15. The number of rotatable bonds is 3. The van der Waals surface area contributed by atoms with Gasteiger partial charge in [0.2, 0.25) is 0 Å². The highest BCUT2D eigenvalue weighted by Crippen LogP contribution is 2.39. The second kappa shape index (κ2) is 6.28. The van der Waals surface area contributed by atoms with E-state index in [2.05, 4.69) is 4.99 Å². The predicted molar refractivity (Wildman–Crippen MR) is 93.1 cm³/mol. The molecule has 0 saturated carbocycles. The summed E-state index contributed by atoms with van der Waals surface area (Å²) in [5, 5.41) is 0.639. The van der Waals surface area contributed by atoms with E-state index < -0.39 is 9.84 Å². The average molecular weight is 352 g/mol. The van der Waals surface area contributed by atoms with Crippen molar-refractivity contribution in [3.05, 3.63) is 35.9 Å². The van der Waals surface area contributed by atoms with Gasteiger partial charge in [0, 0.05) is 17.7 Å². The summed E-state index contributed by atoms with van der Waals surface area (Å²) in [4.78, 5) is 18.2. The van der Waals surface area contributed by atoms with Crippen LogP contribution in [0.15, 0.2) is 35.3 Å². The lowest BCUT2D eigenvalue weighted by atomic mass is 10.1. The molecule has 7 heteroatoms. The summed E-state index contributed by atoms with van der Waals surface area (Å²) in [5.41, 5.74) is 1.09. The molecule has 0 unspecified atom stereocenters. The van der Waals surface area contributed by atoms with Crippen molar-refractivity contribution in [2.24, 2.45) is 10.9 Å². The first-order valence-corrected chi connectivity index (χ1v) is 10.4. The van der Waals surface area contributed by atoms with E-state index in [1.54, 1.807) is 0 Å². The molecular formula is C16H20N2O3S2. The maximum Gasteiger partial charge on any atom is 0.250 e. The Bertz CT molecular complexity index is 729. The number of aliphatic imine (C=N–C) groups is 1. The van der Waals surface area contributed by atoms with E-state index >= 15 is 0 Å². The second-order valence-electron chi connectivity index (χ2n) is 6.30. The van der Waals surface area contributed by atoms with Gasteiger partial charge in [-0.2, -0.15) is 4.99 Å². The number of amidine groups is 1. The van der Waals surface area contributed by atoms with Crippen molar-refractivity contribution in [3.8, 4) is 0 Å². The van der Waals surface area contributed by atoms with Gasteiger partial charge in [0.15, 0.2) is 15.0 Å². The van der Waals surface area contributed by atoms with Gasteiger partial charge in [0.1, 0.15) is 0 Å². The first-order valence-electron chi connectivity index (χ1n) is 7.66. The van der Waals surface area contributed by atoms with Crippen LogP contribution in [-0.4, -0.2) is 47.2 Å². The molecule has 5 nitrogen and oxygen atoms in total. The summed E-state index contributed by atoms with van der Waals surface area (Å²) >= 11 is 1.43. The standard InChI is InChI=1S/C16H20N2O3S2/c1-11(2)15(19)17-16-18(8-12-6-4-3-5-7-12)13-9-23(20,21)10-14(13)22-16/h3-7,11,13-14H,8-10H2,1-2H3/t13-,14-/m0/s1. The number of carbonyl (C=O) groups excluding carboxylic acids is 1.